The van der Waals surface area contributed by atoms with E-state index in [1.807, 2.05) is 0 Å². The molecule has 1 aromatic rings. The van der Waals surface area contributed by atoms with Crippen LogP contribution in [-0.2, 0) is 10.0 Å². The van der Waals surface area contributed by atoms with Gasteiger partial charge in [0, 0.05) is 12.3 Å². The fourth-order valence-corrected chi connectivity index (χ4v) is 10.6. The van der Waals surface area contributed by atoms with Gasteiger partial charge in [-0.05, 0) is 124 Å². The molecule has 4 fully saturated rings. The quantitative estimate of drug-likeness (QED) is 0.325. The van der Waals surface area contributed by atoms with Crippen molar-refractivity contribution >= 4 is 15.9 Å². The minimum Gasteiger partial charge on any atom is -0.478 e. The highest BCUT2D eigenvalue weighted by Crippen LogP contribution is 2.69. The summed E-state index contributed by atoms with van der Waals surface area (Å²) in [5, 5.41) is 21.7. The van der Waals surface area contributed by atoms with Crippen molar-refractivity contribution in [2.24, 2.45) is 46.3 Å². The van der Waals surface area contributed by atoms with Crippen LogP contribution in [0.5, 0.6) is 5.88 Å². The molecule has 10 atom stereocenters. The number of nitrogens with one attached hydrogen (secondary N) is 1. The summed E-state index contributed by atoms with van der Waals surface area (Å²) in [5.74, 6) is 2.51. The molecule has 0 bridgehead atoms. The average molecular weight is 605 g/mol. The van der Waals surface area contributed by atoms with Gasteiger partial charge in [0.1, 0.15) is 0 Å². The van der Waals surface area contributed by atoms with Crippen LogP contribution in [0.4, 0.5) is 0 Å². The molecule has 5 rings (SSSR count). The molecule has 3 N–H and O–H groups in total. The van der Waals surface area contributed by atoms with Crippen LogP contribution >= 0.6 is 0 Å². The Kier molecular flexibility index (Phi) is 9.06. The van der Waals surface area contributed by atoms with E-state index in [0.29, 0.717) is 42.1 Å². The molecule has 8 nitrogen and oxygen atoms in total. The van der Waals surface area contributed by atoms with E-state index in [9.17, 15) is 23.4 Å². The number of sulfonamides is 1. The maximum atomic E-state index is 12.3. The Bertz CT molecular complexity index is 1220. The Labute approximate surface area is 252 Å². The molecule has 236 valence electrons. The van der Waals surface area contributed by atoms with Gasteiger partial charge in [-0.3, -0.25) is 4.79 Å². The maximum absolute atomic E-state index is 12.3. The highest BCUT2D eigenvalue weighted by molar-refractivity contribution is 7.90. The molecule has 1 aromatic heterocycles. The number of amides is 1. The number of carbonyl (C=O) groups is 1. The van der Waals surface area contributed by atoms with E-state index in [4.69, 9.17) is 4.74 Å². The number of nitrogens with zero attached hydrogens (tertiary/aromatic N) is 1. The van der Waals surface area contributed by atoms with E-state index in [-0.39, 0.29) is 34.5 Å². The number of aliphatic hydroxyl groups excluding tert-OH is 2. The van der Waals surface area contributed by atoms with Crippen molar-refractivity contribution in [1.29, 1.82) is 0 Å². The first-order valence-corrected chi connectivity index (χ1v) is 17.9. The van der Waals surface area contributed by atoms with E-state index < -0.39 is 21.2 Å². The van der Waals surface area contributed by atoms with Crippen LogP contribution in [0.25, 0.3) is 0 Å². The summed E-state index contributed by atoms with van der Waals surface area (Å²) >= 11 is 0. The predicted molar refractivity (Wildman–Crippen MR) is 162 cm³/mol. The van der Waals surface area contributed by atoms with Crippen LogP contribution in [0.15, 0.2) is 18.3 Å². The van der Waals surface area contributed by atoms with Crippen molar-refractivity contribution in [3.63, 3.8) is 0 Å². The molecule has 1 heterocycles. The SMILES string of the molecule is CC[C@H]1[C@@H](O)[C@@H]2[C@H](CC[C@]3(C)[C@@H](CCCOc4ccc(C(=O)NS(=O)(=O)C(C)C)cn4)CC[C@@H]23)[C@@]2(C)CC[C@@H](O)C[C@@H]12. The average Bonchev–Trinajstić information content (AvgIpc) is 3.28. The van der Waals surface area contributed by atoms with Gasteiger partial charge in [-0.2, -0.15) is 0 Å². The van der Waals surface area contributed by atoms with E-state index >= 15 is 0 Å². The van der Waals surface area contributed by atoms with Gasteiger partial charge in [0.2, 0.25) is 15.9 Å². The molecule has 0 aromatic carbocycles. The predicted octanol–water partition coefficient (Wildman–Crippen LogP) is 5.34. The van der Waals surface area contributed by atoms with Crippen LogP contribution < -0.4 is 9.46 Å². The van der Waals surface area contributed by atoms with Gasteiger partial charge in [0.25, 0.3) is 5.91 Å². The van der Waals surface area contributed by atoms with Crippen LogP contribution in [0.3, 0.4) is 0 Å². The first-order chi connectivity index (χ1) is 19.8. The summed E-state index contributed by atoms with van der Waals surface area (Å²) in [5.41, 5.74) is 0.636. The molecule has 0 aliphatic heterocycles. The van der Waals surface area contributed by atoms with E-state index in [1.165, 1.54) is 51.8 Å². The molecular formula is C33H52N2O6S. The van der Waals surface area contributed by atoms with Crippen molar-refractivity contribution in [3.05, 3.63) is 23.9 Å². The third-order valence-electron chi connectivity index (χ3n) is 12.4. The van der Waals surface area contributed by atoms with Crippen LogP contribution in [-0.4, -0.2) is 53.6 Å². The molecule has 42 heavy (non-hydrogen) atoms. The highest BCUT2D eigenvalue weighted by Gasteiger charge is 2.64. The van der Waals surface area contributed by atoms with Crippen LogP contribution in [0.2, 0.25) is 0 Å². The Morgan fingerprint density at radius 1 is 1.07 bits per heavy atom. The summed E-state index contributed by atoms with van der Waals surface area (Å²) in [4.78, 5) is 16.5. The largest absolute Gasteiger partial charge is 0.478 e. The van der Waals surface area contributed by atoms with Gasteiger partial charge in [0.15, 0.2) is 0 Å². The third kappa shape index (κ3) is 5.63. The van der Waals surface area contributed by atoms with Gasteiger partial charge in [-0.15, -0.1) is 0 Å². The standard InChI is InChI=1S/C33H52N2O6S/c1-6-24-27-18-23(36)13-15-33(27,5)26-14-16-32(4)22(10-11-25(32)29(26)30(24)37)8-7-17-41-28-12-9-21(19-34-28)31(38)35-42(39,40)20(2)3/h9,12,19-20,22-27,29-30,36-37H,6-8,10-11,13-18H2,1-5H3,(H,35,38)/t22-,23+,24+,25-,26-,27-,29-,30+,32+,33+/m0/s1. The number of aliphatic hydroxyl groups is 2. The van der Waals surface area contributed by atoms with Gasteiger partial charge in [-0.25, -0.2) is 18.1 Å². The number of ether oxygens (including phenoxy) is 1. The lowest BCUT2D eigenvalue weighted by Gasteiger charge is -2.64. The fourth-order valence-electron chi connectivity index (χ4n) is 9.95. The number of pyridine rings is 1. The molecule has 9 heteroatoms. The van der Waals surface area contributed by atoms with E-state index in [1.54, 1.807) is 6.07 Å². The lowest BCUT2D eigenvalue weighted by molar-refractivity contribution is -0.202. The molecule has 4 aliphatic rings. The fraction of sp³-hybridized carbons (Fsp3) is 0.818. The Morgan fingerprint density at radius 3 is 2.45 bits per heavy atom. The summed E-state index contributed by atoms with van der Waals surface area (Å²) in [6.07, 6.45) is 11.5. The Balaban J connectivity index is 1.17. The molecule has 0 unspecified atom stereocenters. The van der Waals surface area contributed by atoms with E-state index in [2.05, 4.69) is 30.5 Å². The molecule has 4 saturated carbocycles. The summed E-state index contributed by atoms with van der Waals surface area (Å²) in [7, 11) is -3.70. The normalized spacial score (nSPS) is 39.7. The summed E-state index contributed by atoms with van der Waals surface area (Å²) < 4.78 is 31.9. The molecule has 1 amide bonds. The first-order valence-electron chi connectivity index (χ1n) is 16.3. The lowest BCUT2D eigenvalue weighted by atomic mass is 9.41. The zero-order chi connectivity index (χ0) is 30.4. The number of aromatic nitrogens is 1. The molecule has 0 radical (unpaired) electrons. The highest BCUT2D eigenvalue weighted by atomic mass is 32.2. The zero-order valence-corrected chi connectivity index (χ0v) is 26.9. The van der Waals surface area contributed by atoms with Crippen molar-refractivity contribution in [3.8, 4) is 5.88 Å². The summed E-state index contributed by atoms with van der Waals surface area (Å²) in [6, 6.07) is 3.14. The number of carbonyl (C=O) groups excluding carboxylic acids is 1. The Hall–Kier alpha value is -1.71. The number of hydrogen-bond acceptors (Lipinski definition) is 7. The molecular weight excluding hydrogens is 552 g/mol. The third-order valence-corrected chi connectivity index (χ3v) is 14.1. The zero-order valence-electron chi connectivity index (χ0n) is 26.1. The van der Waals surface area contributed by atoms with Crippen molar-refractivity contribution < 1.29 is 28.2 Å². The van der Waals surface area contributed by atoms with Gasteiger partial charge in [0.05, 0.1) is 29.6 Å². The summed E-state index contributed by atoms with van der Waals surface area (Å²) in [6.45, 7) is 10.8. The monoisotopic (exact) mass is 604 g/mol. The van der Waals surface area contributed by atoms with Gasteiger partial charge in [-0.1, -0.05) is 27.2 Å². The second-order valence-corrected chi connectivity index (χ2v) is 16.9. The lowest BCUT2D eigenvalue weighted by Crippen LogP contribution is -2.62. The van der Waals surface area contributed by atoms with Gasteiger partial charge < -0.3 is 14.9 Å². The number of hydrogen-bond donors (Lipinski definition) is 3. The number of fused-ring (bicyclic) bond motifs is 5. The molecule has 0 spiro atoms. The van der Waals surface area contributed by atoms with Crippen LogP contribution in [0, 0.1) is 46.3 Å². The second-order valence-electron chi connectivity index (χ2n) is 14.6. The maximum Gasteiger partial charge on any atom is 0.266 e. The molecule has 0 saturated heterocycles. The van der Waals surface area contributed by atoms with Crippen LogP contribution in [0.1, 0.15) is 109 Å². The van der Waals surface area contributed by atoms with E-state index in [0.717, 1.165) is 38.5 Å². The topological polar surface area (TPSA) is 126 Å². The smallest absolute Gasteiger partial charge is 0.266 e. The second kappa shape index (κ2) is 12.0. The Morgan fingerprint density at radius 2 is 1.79 bits per heavy atom. The van der Waals surface area contributed by atoms with Gasteiger partial charge >= 0.3 is 0 Å². The van der Waals surface area contributed by atoms with Crippen molar-refractivity contribution in [1.82, 2.24) is 9.71 Å². The first kappa shape index (κ1) is 31.7. The number of rotatable bonds is 9. The minimum atomic E-state index is -3.70. The van der Waals surface area contributed by atoms with Crippen molar-refractivity contribution in [2.45, 2.75) is 116 Å². The minimum absolute atomic E-state index is 0.173. The molecule has 4 aliphatic carbocycles. The van der Waals surface area contributed by atoms with Crippen molar-refractivity contribution in [2.75, 3.05) is 6.61 Å².